The number of rotatable bonds is 7. The Kier molecular flexibility index (Phi) is 5.54. The molecule has 6 heteroatoms. The van der Waals surface area contributed by atoms with Crippen LogP contribution in [0.15, 0.2) is 24.3 Å². The largest absolute Gasteiger partial charge is 0.478 e. The molecule has 0 aromatic heterocycles. The van der Waals surface area contributed by atoms with E-state index in [-0.39, 0.29) is 12.2 Å². The fourth-order valence-corrected chi connectivity index (χ4v) is 2.51. The minimum Gasteiger partial charge on any atom is -0.478 e. The van der Waals surface area contributed by atoms with E-state index in [1.54, 1.807) is 26.0 Å². The van der Waals surface area contributed by atoms with E-state index >= 15 is 0 Å². The van der Waals surface area contributed by atoms with Gasteiger partial charge in [-0.2, -0.15) is 0 Å². The van der Waals surface area contributed by atoms with Crippen molar-refractivity contribution in [3.8, 4) is 0 Å². The quantitative estimate of drug-likeness (QED) is 0.772. The molecule has 0 radical (unpaired) electrons. The minimum atomic E-state index is -3.01. The van der Waals surface area contributed by atoms with Crippen LogP contribution in [-0.4, -0.2) is 23.8 Å². The van der Waals surface area contributed by atoms with Gasteiger partial charge in [0.1, 0.15) is 0 Å². The third-order valence-electron chi connectivity index (χ3n) is 2.34. The summed E-state index contributed by atoms with van der Waals surface area (Å²) < 4.78 is 22.4. The number of carboxylic acids is 1. The molecule has 100 valence electrons. The van der Waals surface area contributed by atoms with Gasteiger partial charge in [-0.15, -0.1) is 0 Å². The van der Waals surface area contributed by atoms with Crippen molar-refractivity contribution in [2.45, 2.75) is 20.5 Å². The standard InChI is InChI=1S/C12H17O5P/c1-3-16-18(15,4-2)17-9-10-5-7-11(8-6-10)12(13)14/h5-8H,3-4,9H2,1-2H3,(H,13,14). The van der Waals surface area contributed by atoms with Crippen molar-refractivity contribution in [3.05, 3.63) is 35.4 Å². The molecule has 1 atom stereocenters. The molecule has 0 heterocycles. The summed E-state index contributed by atoms with van der Waals surface area (Å²) in [5.74, 6) is -0.976. The van der Waals surface area contributed by atoms with Gasteiger partial charge in [0.25, 0.3) is 0 Å². The molecule has 0 spiro atoms. The number of hydrogen-bond donors (Lipinski definition) is 1. The Hall–Kier alpha value is -1.16. The van der Waals surface area contributed by atoms with Gasteiger partial charge in [0.2, 0.25) is 0 Å². The summed E-state index contributed by atoms with van der Waals surface area (Å²) in [7, 11) is -3.01. The van der Waals surface area contributed by atoms with Crippen molar-refractivity contribution in [3.63, 3.8) is 0 Å². The molecule has 0 saturated heterocycles. The van der Waals surface area contributed by atoms with Crippen LogP contribution >= 0.6 is 7.60 Å². The zero-order valence-electron chi connectivity index (χ0n) is 10.5. The van der Waals surface area contributed by atoms with Crippen LogP contribution in [0.25, 0.3) is 0 Å². The highest BCUT2D eigenvalue weighted by Gasteiger charge is 2.20. The van der Waals surface area contributed by atoms with E-state index < -0.39 is 13.6 Å². The van der Waals surface area contributed by atoms with Crippen molar-refractivity contribution < 1.29 is 23.5 Å². The first kappa shape index (κ1) is 14.9. The summed E-state index contributed by atoms with van der Waals surface area (Å²) in [6.07, 6.45) is 0.314. The number of benzene rings is 1. The summed E-state index contributed by atoms with van der Waals surface area (Å²) in [6.45, 7) is 3.98. The molecular weight excluding hydrogens is 255 g/mol. The van der Waals surface area contributed by atoms with Crippen molar-refractivity contribution in [1.82, 2.24) is 0 Å². The van der Waals surface area contributed by atoms with E-state index in [2.05, 4.69) is 0 Å². The van der Waals surface area contributed by atoms with Gasteiger partial charge in [0.05, 0.1) is 18.8 Å². The molecule has 0 fully saturated rings. The van der Waals surface area contributed by atoms with Crippen LogP contribution in [0.4, 0.5) is 0 Å². The molecule has 1 unspecified atom stereocenters. The van der Waals surface area contributed by atoms with Crippen molar-refractivity contribution in [2.75, 3.05) is 12.8 Å². The second-order valence-electron chi connectivity index (χ2n) is 3.62. The predicted molar refractivity (Wildman–Crippen MR) is 68.0 cm³/mol. The molecule has 0 saturated carbocycles. The topological polar surface area (TPSA) is 72.8 Å². The molecule has 1 N–H and O–H groups in total. The molecule has 0 amide bonds. The SMILES string of the molecule is CCOP(=O)(CC)OCc1ccc(C(=O)O)cc1. The fourth-order valence-electron chi connectivity index (χ4n) is 1.33. The molecule has 18 heavy (non-hydrogen) atoms. The molecule has 1 aromatic rings. The molecule has 0 aliphatic carbocycles. The number of hydrogen-bond acceptors (Lipinski definition) is 4. The third-order valence-corrected chi connectivity index (χ3v) is 4.29. The zero-order valence-corrected chi connectivity index (χ0v) is 11.4. The molecule has 1 rings (SSSR count). The van der Waals surface area contributed by atoms with Gasteiger partial charge in [-0.1, -0.05) is 19.1 Å². The van der Waals surface area contributed by atoms with Gasteiger partial charge in [-0.25, -0.2) is 4.79 Å². The fraction of sp³-hybridized carbons (Fsp3) is 0.417. The summed E-state index contributed by atoms with van der Waals surface area (Å²) in [5.41, 5.74) is 0.968. The predicted octanol–water partition coefficient (Wildman–Crippen LogP) is 3.15. The first-order valence-electron chi connectivity index (χ1n) is 5.71. The monoisotopic (exact) mass is 272 g/mol. The average Bonchev–Trinajstić information content (AvgIpc) is 2.37. The maximum Gasteiger partial charge on any atom is 0.335 e. The van der Waals surface area contributed by atoms with Crippen LogP contribution in [0.3, 0.4) is 0 Å². The second kappa shape index (κ2) is 6.69. The van der Waals surface area contributed by atoms with E-state index in [4.69, 9.17) is 14.2 Å². The maximum atomic E-state index is 12.0. The van der Waals surface area contributed by atoms with Gasteiger partial charge in [0, 0.05) is 6.16 Å². The lowest BCUT2D eigenvalue weighted by Crippen LogP contribution is -2.00. The Labute approximate surface area is 106 Å². The van der Waals surface area contributed by atoms with E-state index in [9.17, 15) is 9.36 Å². The van der Waals surface area contributed by atoms with Crippen LogP contribution in [0.2, 0.25) is 0 Å². The van der Waals surface area contributed by atoms with E-state index in [0.717, 1.165) is 5.56 Å². The Balaban J connectivity index is 2.63. The maximum absolute atomic E-state index is 12.0. The Morgan fingerprint density at radius 2 is 1.83 bits per heavy atom. The Morgan fingerprint density at radius 3 is 2.28 bits per heavy atom. The highest BCUT2D eigenvalue weighted by atomic mass is 31.2. The molecule has 5 nitrogen and oxygen atoms in total. The van der Waals surface area contributed by atoms with Crippen LogP contribution < -0.4 is 0 Å². The van der Waals surface area contributed by atoms with Crippen molar-refractivity contribution >= 4 is 13.6 Å². The molecule has 0 aliphatic heterocycles. The summed E-state index contributed by atoms with van der Waals surface area (Å²) >= 11 is 0. The number of carboxylic acid groups (broad SMARTS) is 1. The van der Waals surface area contributed by atoms with Gasteiger partial charge in [-0.05, 0) is 24.6 Å². The summed E-state index contributed by atoms with van der Waals surface area (Å²) in [4.78, 5) is 10.7. The summed E-state index contributed by atoms with van der Waals surface area (Å²) in [6, 6.07) is 6.24. The van der Waals surface area contributed by atoms with E-state index in [1.807, 2.05) is 0 Å². The van der Waals surface area contributed by atoms with Crippen LogP contribution in [0.1, 0.15) is 29.8 Å². The number of aromatic carboxylic acids is 1. The van der Waals surface area contributed by atoms with E-state index in [1.165, 1.54) is 12.1 Å². The highest BCUT2D eigenvalue weighted by Crippen LogP contribution is 2.48. The second-order valence-corrected chi connectivity index (χ2v) is 5.99. The Morgan fingerprint density at radius 1 is 1.22 bits per heavy atom. The van der Waals surface area contributed by atoms with Crippen LogP contribution in [0, 0.1) is 0 Å². The highest BCUT2D eigenvalue weighted by molar-refractivity contribution is 7.53. The van der Waals surface area contributed by atoms with Gasteiger partial charge < -0.3 is 14.2 Å². The van der Waals surface area contributed by atoms with Crippen molar-refractivity contribution in [2.24, 2.45) is 0 Å². The molecule has 1 aromatic carbocycles. The molecular formula is C12H17O5P. The van der Waals surface area contributed by atoms with Gasteiger partial charge in [0.15, 0.2) is 0 Å². The third kappa shape index (κ3) is 4.26. The lowest BCUT2D eigenvalue weighted by atomic mass is 10.1. The zero-order chi connectivity index (χ0) is 13.6. The molecule has 0 bridgehead atoms. The van der Waals surface area contributed by atoms with Crippen LogP contribution in [-0.2, 0) is 20.2 Å². The Bertz CT molecular complexity index is 440. The molecule has 0 aliphatic rings. The van der Waals surface area contributed by atoms with E-state index in [0.29, 0.717) is 12.8 Å². The number of carbonyl (C=O) groups is 1. The summed E-state index contributed by atoms with van der Waals surface area (Å²) in [5, 5.41) is 8.75. The van der Waals surface area contributed by atoms with Gasteiger partial charge in [-0.3, -0.25) is 4.57 Å². The van der Waals surface area contributed by atoms with Crippen LogP contribution in [0.5, 0.6) is 0 Å². The first-order chi connectivity index (χ1) is 8.50. The van der Waals surface area contributed by atoms with Crippen molar-refractivity contribution in [1.29, 1.82) is 0 Å². The smallest absolute Gasteiger partial charge is 0.335 e. The van der Waals surface area contributed by atoms with Gasteiger partial charge >= 0.3 is 13.6 Å². The minimum absolute atomic E-state index is 0.144. The first-order valence-corrected chi connectivity index (χ1v) is 7.44. The normalized spacial score (nSPS) is 14.1. The lowest BCUT2D eigenvalue weighted by molar-refractivity contribution is 0.0696. The lowest BCUT2D eigenvalue weighted by Gasteiger charge is -2.15. The average molecular weight is 272 g/mol.